The van der Waals surface area contributed by atoms with Gasteiger partial charge < -0.3 is 19.4 Å². The molecule has 1 saturated heterocycles. The average Bonchev–Trinajstić information content (AvgIpc) is 3.32. The third-order valence-corrected chi connectivity index (χ3v) is 6.48. The number of fused-ring (bicyclic) bond motifs is 1. The SMILES string of the molecule is COCc1c(C(=O)Nc2ccc(S(=O)(=O)/N=C3/CCCN3C)cc2)oc2ccccc12. The first-order valence-corrected chi connectivity index (χ1v) is 11.3. The van der Waals surface area contributed by atoms with Crippen LogP contribution in [0.3, 0.4) is 0 Å². The molecule has 1 amide bonds. The van der Waals surface area contributed by atoms with Gasteiger partial charge >= 0.3 is 0 Å². The molecule has 0 spiro atoms. The van der Waals surface area contributed by atoms with Crippen LogP contribution < -0.4 is 5.32 Å². The summed E-state index contributed by atoms with van der Waals surface area (Å²) in [4.78, 5) is 14.7. The number of likely N-dealkylation sites (tertiary alicyclic amines) is 1. The van der Waals surface area contributed by atoms with Gasteiger partial charge in [0.2, 0.25) is 0 Å². The summed E-state index contributed by atoms with van der Waals surface area (Å²) in [5.41, 5.74) is 1.70. The molecule has 9 heteroatoms. The lowest BCUT2D eigenvalue weighted by atomic mass is 10.1. The molecular formula is C22H23N3O5S. The van der Waals surface area contributed by atoms with Crippen molar-refractivity contribution < 1.29 is 22.4 Å². The van der Waals surface area contributed by atoms with Crippen LogP contribution in [0, 0.1) is 0 Å². The van der Waals surface area contributed by atoms with Crippen molar-refractivity contribution in [2.45, 2.75) is 24.3 Å². The predicted molar refractivity (Wildman–Crippen MR) is 118 cm³/mol. The molecule has 0 atom stereocenters. The Morgan fingerprint density at radius 3 is 2.61 bits per heavy atom. The molecular weight excluding hydrogens is 418 g/mol. The Kier molecular flexibility index (Phi) is 5.79. The van der Waals surface area contributed by atoms with E-state index in [2.05, 4.69) is 9.71 Å². The second-order valence-electron chi connectivity index (χ2n) is 7.33. The number of anilines is 1. The fourth-order valence-electron chi connectivity index (χ4n) is 3.57. The number of rotatable bonds is 6. The van der Waals surface area contributed by atoms with Gasteiger partial charge in [0, 0.05) is 43.8 Å². The van der Waals surface area contributed by atoms with Crippen molar-refractivity contribution in [1.29, 1.82) is 0 Å². The molecule has 3 aromatic rings. The van der Waals surface area contributed by atoms with E-state index >= 15 is 0 Å². The van der Waals surface area contributed by atoms with Crippen molar-refractivity contribution in [2.24, 2.45) is 4.40 Å². The van der Waals surface area contributed by atoms with E-state index in [9.17, 15) is 13.2 Å². The average molecular weight is 442 g/mol. The molecule has 4 rings (SSSR count). The molecule has 1 N–H and O–H groups in total. The summed E-state index contributed by atoms with van der Waals surface area (Å²) in [6.07, 6.45) is 1.54. The van der Waals surface area contributed by atoms with Gasteiger partial charge in [0.25, 0.3) is 15.9 Å². The van der Waals surface area contributed by atoms with E-state index in [-0.39, 0.29) is 17.3 Å². The van der Waals surface area contributed by atoms with Crippen LogP contribution in [0.5, 0.6) is 0 Å². The van der Waals surface area contributed by atoms with E-state index in [0.717, 1.165) is 18.4 Å². The van der Waals surface area contributed by atoms with Gasteiger partial charge in [0.1, 0.15) is 11.4 Å². The number of furan rings is 1. The lowest BCUT2D eigenvalue weighted by Gasteiger charge is -2.11. The summed E-state index contributed by atoms with van der Waals surface area (Å²) in [7, 11) is -0.427. The number of amidine groups is 1. The second-order valence-corrected chi connectivity index (χ2v) is 8.93. The smallest absolute Gasteiger partial charge is 0.291 e. The highest BCUT2D eigenvalue weighted by molar-refractivity contribution is 7.90. The van der Waals surface area contributed by atoms with Crippen molar-refractivity contribution in [3.63, 3.8) is 0 Å². The Balaban J connectivity index is 1.55. The fraction of sp³-hybridized carbons (Fsp3) is 0.273. The molecule has 31 heavy (non-hydrogen) atoms. The Morgan fingerprint density at radius 2 is 1.94 bits per heavy atom. The number of hydrogen-bond donors (Lipinski definition) is 1. The number of carbonyl (C=O) groups is 1. The monoisotopic (exact) mass is 441 g/mol. The molecule has 0 radical (unpaired) electrons. The molecule has 1 aliphatic rings. The Hall–Kier alpha value is -3.17. The predicted octanol–water partition coefficient (Wildman–Crippen LogP) is 3.64. The van der Waals surface area contributed by atoms with Gasteiger partial charge in [-0.25, -0.2) is 0 Å². The standard InChI is InChI=1S/C22H23N3O5S/c1-25-13-5-8-20(25)24-31(27,28)16-11-9-15(10-12-16)23-22(26)21-18(14-29-2)17-6-3-4-7-19(17)30-21/h3-4,6-7,9-12H,5,8,13-14H2,1-2H3,(H,23,26)/b24-20-. The molecule has 2 heterocycles. The van der Waals surface area contributed by atoms with E-state index in [1.165, 1.54) is 24.3 Å². The largest absolute Gasteiger partial charge is 0.451 e. The van der Waals surface area contributed by atoms with E-state index in [4.69, 9.17) is 9.15 Å². The summed E-state index contributed by atoms with van der Waals surface area (Å²) >= 11 is 0. The molecule has 1 fully saturated rings. The van der Waals surface area contributed by atoms with Crippen molar-refractivity contribution >= 4 is 38.4 Å². The fourth-order valence-corrected chi connectivity index (χ4v) is 4.66. The van der Waals surface area contributed by atoms with Crippen molar-refractivity contribution in [2.75, 3.05) is 26.0 Å². The maximum atomic E-state index is 12.8. The molecule has 2 aromatic carbocycles. The van der Waals surface area contributed by atoms with E-state index in [1.807, 2.05) is 30.1 Å². The van der Waals surface area contributed by atoms with Crippen LogP contribution in [0.2, 0.25) is 0 Å². The zero-order valence-electron chi connectivity index (χ0n) is 17.3. The number of ether oxygens (including phenoxy) is 1. The van der Waals surface area contributed by atoms with E-state index < -0.39 is 15.9 Å². The zero-order valence-corrected chi connectivity index (χ0v) is 18.1. The minimum atomic E-state index is -3.81. The molecule has 0 bridgehead atoms. The second kappa shape index (κ2) is 8.52. The number of nitrogens with one attached hydrogen (secondary N) is 1. The third-order valence-electron chi connectivity index (χ3n) is 5.16. The van der Waals surface area contributed by atoms with Crippen LogP contribution in [-0.2, 0) is 21.4 Å². The van der Waals surface area contributed by atoms with Gasteiger partial charge in [0.15, 0.2) is 5.76 Å². The first-order chi connectivity index (χ1) is 14.9. The van der Waals surface area contributed by atoms with Gasteiger partial charge in [-0.1, -0.05) is 18.2 Å². The minimum absolute atomic E-state index is 0.0714. The maximum absolute atomic E-state index is 12.8. The molecule has 1 aromatic heterocycles. The van der Waals surface area contributed by atoms with E-state index in [1.54, 1.807) is 13.2 Å². The third kappa shape index (κ3) is 4.33. The highest BCUT2D eigenvalue weighted by Crippen LogP contribution is 2.27. The van der Waals surface area contributed by atoms with Crippen LogP contribution in [0.4, 0.5) is 5.69 Å². The molecule has 162 valence electrons. The molecule has 0 saturated carbocycles. The number of carbonyl (C=O) groups excluding carboxylic acids is 1. The Bertz CT molecular complexity index is 1250. The Morgan fingerprint density at radius 1 is 1.19 bits per heavy atom. The lowest BCUT2D eigenvalue weighted by Crippen LogP contribution is -2.20. The maximum Gasteiger partial charge on any atom is 0.291 e. The highest BCUT2D eigenvalue weighted by Gasteiger charge is 2.22. The number of nitrogens with zero attached hydrogens (tertiary/aromatic N) is 2. The molecule has 0 aliphatic carbocycles. The number of para-hydroxylation sites is 1. The normalized spacial score (nSPS) is 15.7. The van der Waals surface area contributed by atoms with Crippen LogP contribution >= 0.6 is 0 Å². The summed E-state index contributed by atoms with van der Waals surface area (Å²) in [6, 6.07) is 13.3. The van der Waals surface area contributed by atoms with Gasteiger partial charge in [-0.15, -0.1) is 4.40 Å². The highest BCUT2D eigenvalue weighted by atomic mass is 32.2. The van der Waals surface area contributed by atoms with Gasteiger partial charge in [0.05, 0.1) is 11.5 Å². The van der Waals surface area contributed by atoms with Crippen LogP contribution in [0.25, 0.3) is 11.0 Å². The van der Waals surface area contributed by atoms with Crippen LogP contribution in [0.1, 0.15) is 29.0 Å². The minimum Gasteiger partial charge on any atom is -0.451 e. The topological polar surface area (TPSA) is 101 Å². The quantitative estimate of drug-likeness (QED) is 0.627. The molecule has 0 unspecified atom stereocenters. The van der Waals surface area contributed by atoms with Gasteiger partial charge in [-0.05, 0) is 36.8 Å². The van der Waals surface area contributed by atoms with E-state index in [0.29, 0.717) is 29.1 Å². The first kappa shape index (κ1) is 21.1. The van der Waals surface area contributed by atoms with Gasteiger partial charge in [-0.3, -0.25) is 4.79 Å². The number of amides is 1. The van der Waals surface area contributed by atoms with Crippen molar-refractivity contribution in [1.82, 2.24) is 4.90 Å². The van der Waals surface area contributed by atoms with Crippen molar-refractivity contribution in [3.05, 3.63) is 59.9 Å². The van der Waals surface area contributed by atoms with Gasteiger partial charge in [-0.2, -0.15) is 8.42 Å². The van der Waals surface area contributed by atoms with Crippen LogP contribution in [-0.4, -0.2) is 45.8 Å². The van der Waals surface area contributed by atoms with Crippen molar-refractivity contribution in [3.8, 4) is 0 Å². The number of sulfonamides is 1. The Labute approximate surface area is 180 Å². The lowest BCUT2D eigenvalue weighted by molar-refractivity contribution is 0.0992. The number of methoxy groups -OCH3 is 1. The van der Waals surface area contributed by atoms with Crippen LogP contribution in [0.15, 0.2) is 62.2 Å². The summed E-state index contributed by atoms with van der Waals surface area (Å²) in [6.45, 7) is 1.03. The molecule has 8 nitrogen and oxygen atoms in total. The number of hydrogen-bond acceptors (Lipinski definition) is 5. The summed E-state index contributed by atoms with van der Waals surface area (Å²) < 4.78 is 40.1. The first-order valence-electron chi connectivity index (χ1n) is 9.85. The summed E-state index contributed by atoms with van der Waals surface area (Å²) in [5, 5.41) is 3.56. The molecule has 1 aliphatic heterocycles. The zero-order chi connectivity index (χ0) is 22.0. The summed E-state index contributed by atoms with van der Waals surface area (Å²) in [5.74, 6) is 0.287. The number of benzene rings is 2.